The Morgan fingerprint density at radius 2 is 1.52 bits per heavy atom. The maximum Gasteiger partial charge on any atom is 0.156 e. The van der Waals surface area contributed by atoms with Crippen molar-refractivity contribution >= 4 is 9.84 Å². The van der Waals surface area contributed by atoms with Gasteiger partial charge in [-0.15, -0.1) is 0 Å². The fraction of sp³-hybridized carbons (Fsp3) is 0.294. The molecular weight excluding hydrogens is 282 g/mol. The molecule has 4 heteroatoms. The van der Waals surface area contributed by atoms with Gasteiger partial charge < -0.3 is 5.32 Å². The Morgan fingerprint density at radius 3 is 2.19 bits per heavy atom. The van der Waals surface area contributed by atoms with Crippen LogP contribution in [0.4, 0.5) is 0 Å². The van der Waals surface area contributed by atoms with E-state index >= 15 is 0 Å². The quantitative estimate of drug-likeness (QED) is 0.926. The van der Waals surface area contributed by atoms with Crippen molar-refractivity contribution in [3.05, 3.63) is 71.8 Å². The van der Waals surface area contributed by atoms with Crippen LogP contribution in [-0.4, -0.2) is 26.0 Å². The summed E-state index contributed by atoms with van der Waals surface area (Å²) in [5.41, 5.74) is 2.36. The van der Waals surface area contributed by atoms with Crippen LogP contribution < -0.4 is 5.32 Å². The van der Waals surface area contributed by atoms with Gasteiger partial charge >= 0.3 is 0 Å². The summed E-state index contributed by atoms with van der Waals surface area (Å²) in [4.78, 5) is 0. The van der Waals surface area contributed by atoms with Gasteiger partial charge in [0.05, 0.1) is 11.7 Å². The molecule has 1 heterocycles. The molecule has 0 amide bonds. The maximum atomic E-state index is 12.0. The summed E-state index contributed by atoms with van der Waals surface area (Å²) in [6.07, 6.45) is 0. The molecule has 1 saturated heterocycles. The SMILES string of the molecule is O=S1(=O)C[C@H]([NH2+]Cc2ccccc2)[C@@H](c2ccccc2)C1. The number of hydrogen-bond donors (Lipinski definition) is 1. The first kappa shape index (κ1) is 14.3. The normalized spacial score (nSPS) is 24.0. The third kappa shape index (κ3) is 3.52. The summed E-state index contributed by atoms with van der Waals surface area (Å²) in [5.74, 6) is 0.645. The predicted molar refractivity (Wildman–Crippen MR) is 83.7 cm³/mol. The zero-order chi connectivity index (χ0) is 14.7. The average Bonchev–Trinajstić information content (AvgIpc) is 2.82. The minimum absolute atomic E-state index is 0.0971. The minimum Gasteiger partial charge on any atom is -0.339 e. The molecule has 2 aromatic rings. The van der Waals surface area contributed by atoms with Gasteiger partial charge in [-0.2, -0.15) is 0 Å². The highest BCUT2D eigenvalue weighted by Gasteiger charge is 2.40. The second-order valence-corrected chi connectivity index (χ2v) is 7.84. The van der Waals surface area contributed by atoms with Crippen molar-refractivity contribution in [2.45, 2.75) is 18.5 Å². The van der Waals surface area contributed by atoms with Gasteiger partial charge in [0.15, 0.2) is 9.84 Å². The van der Waals surface area contributed by atoms with Gasteiger partial charge in [0.25, 0.3) is 0 Å². The number of sulfone groups is 1. The molecule has 0 saturated carbocycles. The van der Waals surface area contributed by atoms with Gasteiger partial charge in [0, 0.05) is 5.56 Å². The lowest BCUT2D eigenvalue weighted by Gasteiger charge is -2.17. The van der Waals surface area contributed by atoms with Crippen LogP contribution >= 0.6 is 0 Å². The second kappa shape index (κ2) is 6.00. The molecule has 0 aliphatic carbocycles. The number of quaternary nitrogens is 1. The monoisotopic (exact) mass is 302 g/mol. The van der Waals surface area contributed by atoms with Crippen LogP contribution in [0, 0.1) is 0 Å². The summed E-state index contributed by atoms with van der Waals surface area (Å²) >= 11 is 0. The molecule has 2 N–H and O–H groups in total. The highest BCUT2D eigenvalue weighted by Crippen LogP contribution is 2.27. The van der Waals surface area contributed by atoms with Crippen molar-refractivity contribution in [2.24, 2.45) is 0 Å². The van der Waals surface area contributed by atoms with E-state index < -0.39 is 9.84 Å². The van der Waals surface area contributed by atoms with Gasteiger partial charge in [-0.05, 0) is 5.56 Å². The lowest BCUT2D eigenvalue weighted by molar-refractivity contribution is -0.701. The number of hydrogen-bond acceptors (Lipinski definition) is 2. The summed E-state index contributed by atoms with van der Waals surface area (Å²) in [6, 6.07) is 20.3. The van der Waals surface area contributed by atoms with Crippen LogP contribution in [0.25, 0.3) is 0 Å². The molecule has 2 atom stereocenters. The number of nitrogens with two attached hydrogens (primary N) is 1. The van der Waals surface area contributed by atoms with Crippen molar-refractivity contribution in [1.29, 1.82) is 0 Å². The molecule has 1 aliphatic rings. The van der Waals surface area contributed by atoms with Gasteiger partial charge in [-0.3, -0.25) is 0 Å². The Bertz CT molecular complexity index is 683. The molecule has 21 heavy (non-hydrogen) atoms. The fourth-order valence-corrected chi connectivity index (χ4v) is 5.13. The molecule has 0 aromatic heterocycles. The van der Waals surface area contributed by atoms with Gasteiger partial charge in [-0.1, -0.05) is 60.7 Å². The zero-order valence-electron chi connectivity index (χ0n) is 11.9. The molecule has 1 fully saturated rings. The van der Waals surface area contributed by atoms with Gasteiger partial charge in [0.1, 0.15) is 18.3 Å². The molecule has 2 aromatic carbocycles. The van der Waals surface area contributed by atoms with Crippen molar-refractivity contribution < 1.29 is 13.7 Å². The molecule has 0 unspecified atom stereocenters. The smallest absolute Gasteiger partial charge is 0.156 e. The molecular formula is C17H20NO2S+. The Labute approximate surface area is 125 Å². The maximum absolute atomic E-state index is 12.0. The summed E-state index contributed by atoms with van der Waals surface area (Å²) < 4.78 is 24.0. The van der Waals surface area contributed by atoms with E-state index in [9.17, 15) is 8.42 Å². The van der Waals surface area contributed by atoms with Crippen LogP contribution in [0.1, 0.15) is 17.0 Å². The summed E-state index contributed by atoms with van der Waals surface area (Å²) in [5, 5.41) is 2.18. The largest absolute Gasteiger partial charge is 0.339 e. The first-order valence-corrected chi connectivity index (χ1v) is 9.09. The molecule has 0 spiro atoms. The molecule has 3 nitrogen and oxygen atoms in total. The summed E-state index contributed by atoms with van der Waals surface area (Å²) in [7, 11) is -2.93. The van der Waals surface area contributed by atoms with Crippen LogP contribution in [0.3, 0.4) is 0 Å². The molecule has 0 bridgehead atoms. The standard InChI is InChI=1S/C17H19NO2S/c19-21(20)12-16(15-9-5-2-6-10-15)17(13-21)18-11-14-7-3-1-4-8-14/h1-10,16-18H,11-13H2/p+1/t16-,17+/m1/s1. The van der Waals surface area contributed by atoms with Crippen LogP contribution in [-0.2, 0) is 16.4 Å². The Morgan fingerprint density at radius 1 is 0.905 bits per heavy atom. The third-order valence-electron chi connectivity index (χ3n) is 4.12. The van der Waals surface area contributed by atoms with Crippen LogP contribution in [0.15, 0.2) is 60.7 Å². The van der Waals surface area contributed by atoms with E-state index in [1.54, 1.807) is 0 Å². The van der Waals surface area contributed by atoms with E-state index in [1.165, 1.54) is 5.56 Å². The van der Waals surface area contributed by atoms with Crippen molar-refractivity contribution in [3.63, 3.8) is 0 Å². The van der Waals surface area contributed by atoms with Crippen LogP contribution in [0.5, 0.6) is 0 Å². The van der Waals surface area contributed by atoms with E-state index in [1.807, 2.05) is 48.5 Å². The Kier molecular flexibility index (Phi) is 4.08. The fourth-order valence-electron chi connectivity index (χ4n) is 3.05. The lowest BCUT2D eigenvalue weighted by atomic mass is 9.94. The Hall–Kier alpha value is -1.65. The van der Waals surface area contributed by atoms with E-state index in [2.05, 4.69) is 17.4 Å². The Balaban J connectivity index is 1.76. The van der Waals surface area contributed by atoms with Crippen molar-refractivity contribution in [3.8, 4) is 0 Å². The zero-order valence-corrected chi connectivity index (χ0v) is 12.7. The summed E-state index contributed by atoms with van der Waals surface area (Å²) in [6.45, 7) is 0.824. The molecule has 3 rings (SSSR count). The first-order valence-electron chi connectivity index (χ1n) is 7.27. The number of rotatable bonds is 4. The highest BCUT2D eigenvalue weighted by atomic mass is 32.2. The molecule has 110 valence electrons. The van der Waals surface area contributed by atoms with Crippen molar-refractivity contribution in [2.75, 3.05) is 11.5 Å². The third-order valence-corrected chi connectivity index (χ3v) is 5.88. The molecule has 1 aliphatic heterocycles. The van der Waals surface area contributed by atoms with Crippen molar-refractivity contribution in [1.82, 2.24) is 0 Å². The second-order valence-electron chi connectivity index (χ2n) is 5.68. The number of benzene rings is 2. The first-order chi connectivity index (χ1) is 10.1. The topological polar surface area (TPSA) is 50.8 Å². The highest BCUT2D eigenvalue weighted by molar-refractivity contribution is 7.91. The lowest BCUT2D eigenvalue weighted by Crippen LogP contribution is -2.90. The predicted octanol–water partition coefficient (Wildman–Crippen LogP) is 1.33. The van der Waals surface area contributed by atoms with E-state index in [-0.39, 0.29) is 23.5 Å². The van der Waals surface area contributed by atoms with Gasteiger partial charge in [-0.25, -0.2) is 8.42 Å². The van der Waals surface area contributed by atoms with E-state index in [0.29, 0.717) is 0 Å². The van der Waals surface area contributed by atoms with E-state index in [0.717, 1.165) is 12.1 Å². The van der Waals surface area contributed by atoms with Gasteiger partial charge in [0.2, 0.25) is 0 Å². The van der Waals surface area contributed by atoms with E-state index in [4.69, 9.17) is 0 Å². The average molecular weight is 302 g/mol. The molecule has 0 radical (unpaired) electrons. The van der Waals surface area contributed by atoms with Crippen LogP contribution in [0.2, 0.25) is 0 Å². The minimum atomic E-state index is -2.93.